The molecule has 0 aliphatic carbocycles. The molecule has 0 spiro atoms. The van der Waals surface area contributed by atoms with Gasteiger partial charge in [0.05, 0.1) is 22.4 Å². The average molecular weight is 282 g/mol. The molecule has 0 saturated carbocycles. The predicted molar refractivity (Wildman–Crippen MR) is 64.4 cm³/mol. The summed E-state index contributed by atoms with van der Waals surface area (Å²) < 4.78 is 4.94. The molecule has 16 heavy (non-hydrogen) atoms. The first-order valence-electron chi connectivity index (χ1n) is 5.22. The number of aryl methyl sites for hydroxylation is 1. The Kier molecular flexibility index (Phi) is 2.24. The van der Waals surface area contributed by atoms with Crippen LogP contribution >= 0.6 is 15.9 Å². The summed E-state index contributed by atoms with van der Waals surface area (Å²) in [4.78, 5) is 0. The summed E-state index contributed by atoms with van der Waals surface area (Å²) in [6.45, 7) is 0.958. The second-order valence-electron chi connectivity index (χ2n) is 3.90. The molecule has 2 aromatic heterocycles. The molecule has 1 aliphatic rings. The number of nitrogens with zero attached hydrogens (tertiary/aromatic N) is 4. The van der Waals surface area contributed by atoms with Gasteiger partial charge in [0.2, 0.25) is 0 Å². The van der Waals surface area contributed by atoms with E-state index in [1.165, 1.54) is 5.69 Å². The van der Waals surface area contributed by atoms with Crippen molar-refractivity contribution in [2.45, 2.75) is 12.5 Å². The van der Waals surface area contributed by atoms with Crippen molar-refractivity contribution in [3.8, 4) is 0 Å². The zero-order chi connectivity index (χ0) is 11.1. The number of anilines is 1. The molecule has 0 bridgehead atoms. The Hall–Kier alpha value is -1.30. The van der Waals surface area contributed by atoms with E-state index in [1.807, 2.05) is 28.8 Å². The van der Waals surface area contributed by atoms with Crippen LogP contribution in [-0.4, -0.2) is 26.1 Å². The molecule has 5 nitrogen and oxygen atoms in total. The third kappa shape index (κ3) is 1.36. The molecule has 0 fully saturated rings. The fraction of sp³-hybridized carbons (Fsp3) is 0.400. The van der Waals surface area contributed by atoms with Crippen LogP contribution in [0.25, 0.3) is 0 Å². The van der Waals surface area contributed by atoms with Crippen LogP contribution in [0.15, 0.2) is 22.9 Å². The van der Waals surface area contributed by atoms with Gasteiger partial charge < -0.3 is 5.32 Å². The lowest BCUT2D eigenvalue weighted by molar-refractivity contribution is 0.452. The number of aromatic nitrogens is 4. The van der Waals surface area contributed by atoms with Crippen molar-refractivity contribution in [2.75, 3.05) is 11.9 Å². The van der Waals surface area contributed by atoms with E-state index in [4.69, 9.17) is 0 Å². The van der Waals surface area contributed by atoms with Crippen molar-refractivity contribution in [2.24, 2.45) is 7.05 Å². The molecule has 6 heteroatoms. The molecule has 0 saturated heterocycles. The van der Waals surface area contributed by atoms with Crippen molar-refractivity contribution in [1.29, 1.82) is 0 Å². The van der Waals surface area contributed by atoms with E-state index in [0.29, 0.717) is 0 Å². The van der Waals surface area contributed by atoms with Crippen molar-refractivity contribution in [1.82, 2.24) is 19.6 Å². The van der Waals surface area contributed by atoms with Crippen LogP contribution in [0.3, 0.4) is 0 Å². The number of hydrogen-bond donors (Lipinski definition) is 1. The third-order valence-electron chi connectivity index (χ3n) is 2.96. The fourth-order valence-corrected chi connectivity index (χ4v) is 2.59. The van der Waals surface area contributed by atoms with Crippen LogP contribution in [0.2, 0.25) is 0 Å². The highest BCUT2D eigenvalue weighted by Crippen LogP contribution is 2.33. The van der Waals surface area contributed by atoms with E-state index < -0.39 is 0 Å². The lowest BCUT2D eigenvalue weighted by Crippen LogP contribution is -2.26. The Balaban J connectivity index is 2.08. The van der Waals surface area contributed by atoms with Gasteiger partial charge in [-0.05, 0) is 28.4 Å². The number of fused-ring (bicyclic) bond motifs is 1. The Morgan fingerprint density at radius 2 is 2.38 bits per heavy atom. The molecular formula is C10H12BrN5. The van der Waals surface area contributed by atoms with E-state index in [2.05, 4.69) is 37.5 Å². The van der Waals surface area contributed by atoms with E-state index in [-0.39, 0.29) is 6.04 Å². The number of rotatable bonds is 1. The first-order valence-corrected chi connectivity index (χ1v) is 6.01. The highest BCUT2D eigenvalue weighted by molar-refractivity contribution is 9.10. The van der Waals surface area contributed by atoms with Crippen LogP contribution in [0.1, 0.15) is 18.2 Å². The first-order chi connectivity index (χ1) is 7.77. The molecule has 3 heterocycles. The zero-order valence-electron chi connectivity index (χ0n) is 8.89. The number of halogens is 1. The monoisotopic (exact) mass is 281 g/mol. The molecule has 1 unspecified atom stereocenters. The van der Waals surface area contributed by atoms with Gasteiger partial charge in [-0.15, -0.1) is 0 Å². The fourth-order valence-electron chi connectivity index (χ4n) is 2.18. The summed E-state index contributed by atoms with van der Waals surface area (Å²) >= 11 is 3.49. The maximum Gasteiger partial charge on any atom is 0.139 e. The second-order valence-corrected chi connectivity index (χ2v) is 4.75. The Bertz CT molecular complexity index is 515. The highest BCUT2D eigenvalue weighted by Gasteiger charge is 2.25. The van der Waals surface area contributed by atoms with E-state index in [9.17, 15) is 0 Å². The van der Waals surface area contributed by atoms with Crippen LogP contribution in [0, 0.1) is 0 Å². The first kappa shape index (κ1) is 9.89. The van der Waals surface area contributed by atoms with Gasteiger partial charge in [0.25, 0.3) is 0 Å². The zero-order valence-corrected chi connectivity index (χ0v) is 10.5. The Labute approximate surface area is 102 Å². The van der Waals surface area contributed by atoms with Gasteiger partial charge in [0, 0.05) is 19.8 Å². The van der Waals surface area contributed by atoms with E-state index in [1.54, 1.807) is 0 Å². The van der Waals surface area contributed by atoms with E-state index in [0.717, 1.165) is 23.3 Å². The van der Waals surface area contributed by atoms with Crippen LogP contribution in [0.4, 0.5) is 5.82 Å². The quantitative estimate of drug-likeness (QED) is 0.867. The summed E-state index contributed by atoms with van der Waals surface area (Å²) in [6.07, 6.45) is 4.69. The molecule has 2 aromatic rings. The van der Waals surface area contributed by atoms with Crippen molar-refractivity contribution >= 4 is 21.7 Å². The van der Waals surface area contributed by atoms with Gasteiger partial charge in [0.1, 0.15) is 5.82 Å². The molecule has 84 valence electrons. The normalized spacial score (nSPS) is 19.2. The molecule has 0 aromatic carbocycles. The van der Waals surface area contributed by atoms with Gasteiger partial charge in [-0.25, -0.2) is 4.68 Å². The van der Waals surface area contributed by atoms with Crippen LogP contribution in [-0.2, 0) is 7.05 Å². The van der Waals surface area contributed by atoms with Crippen molar-refractivity contribution < 1.29 is 0 Å². The van der Waals surface area contributed by atoms with Gasteiger partial charge >= 0.3 is 0 Å². The maximum atomic E-state index is 4.40. The average Bonchev–Trinajstić information content (AvgIpc) is 2.86. The lowest BCUT2D eigenvalue weighted by atomic mass is 10.1. The summed E-state index contributed by atoms with van der Waals surface area (Å²) in [5.74, 6) is 1.05. The SMILES string of the molecule is Cn1nccc1C1CCNc2c(Br)cnn21. The summed E-state index contributed by atoms with van der Waals surface area (Å²) in [7, 11) is 1.97. The summed E-state index contributed by atoms with van der Waals surface area (Å²) in [5, 5.41) is 12.0. The molecule has 0 amide bonds. The van der Waals surface area contributed by atoms with Crippen molar-refractivity contribution in [3.05, 3.63) is 28.6 Å². The topological polar surface area (TPSA) is 47.7 Å². The second kappa shape index (κ2) is 3.62. The molecule has 1 atom stereocenters. The van der Waals surface area contributed by atoms with Gasteiger partial charge in [0.15, 0.2) is 0 Å². The minimum atomic E-state index is 0.273. The van der Waals surface area contributed by atoms with Crippen molar-refractivity contribution in [3.63, 3.8) is 0 Å². The minimum Gasteiger partial charge on any atom is -0.369 e. The Morgan fingerprint density at radius 1 is 1.50 bits per heavy atom. The molecule has 3 rings (SSSR count). The highest BCUT2D eigenvalue weighted by atomic mass is 79.9. The predicted octanol–water partition coefficient (Wildman–Crippen LogP) is 1.78. The number of hydrogen-bond acceptors (Lipinski definition) is 3. The molecule has 1 aliphatic heterocycles. The summed E-state index contributed by atoms with van der Waals surface area (Å²) in [5.41, 5.74) is 1.19. The van der Waals surface area contributed by atoms with Gasteiger partial charge in [-0.3, -0.25) is 4.68 Å². The third-order valence-corrected chi connectivity index (χ3v) is 3.54. The lowest BCUT2D eigenvalue weighted by Gasteiger charge is -2.25. The Morgan fingerprint density at radius 3 is 3.12 bits per heavy atom. The van der Waals surface area contributed by atoms with E-state index >= 15 is 0 Å². The number of nitrogens with one attached hydrogen (secondary N) is 1. The summed E-state index contributed by atoms with van der Waals surface area (Å²) in [6, 6.07) is 2.32. The van der Waals surface area contributed by atoms with Gasteiger partial charge in [-0.1, -0.05) is 0 Å². The minimum absolute atomic E-state index is 0.273. The molecule has 0 radical (unpaired) electrons. The molecular weight excluding hydrogens is 270 g/mol. The standard InChI is InChI=1S/C10H12BrN5/c1-15-8(3-5-13-15)9-2-4-12-10-7(11)6-14-16(9)10/h3,5-6,9,12H,2,4H2,1H3. The van der Waals surface area contributed by atoms with Crippen LogP contribution in [0.5, 0.6) is 0 Å². The smallest absolute Gasteiger partial charge is 0.139 e. The largest absolute Gasteiger partial charge is 0.369 e. The molecule has 1 N–H and O–H groups in total. The van der Waals surface area contributed by atoms with Crippen LogP contribution < -0.4 is 5.32 Å². The maximum absolute atomic E-state index is 4.40. The van der Waals surface area contributed by atoms with Gasteiger partial charge in [-0.2, -0.15) is 10.2 Å².